The molecule has 85 heavy (non-hydrogen) atoms. The highest BCUT2D eigenvalue weighted by atomic mass is 16.8. The van der Waals surface area contributed by atoms with Crippen LogP contribution in [0.15, 0.2) is 12.2 Å². The van der Waals surface area contributed by atoms with Gasteiger partial charge in [-0.3, -0.25) is 14.4 Å². The topological polar surface area (TPSA) is 483 Å². The molecule has 0 aromatic carbocycles. The number of hydrogen-bond donors (Lipinski definition) is 18. The van der Waals surface area contributed by atoms with Crippen LogP contribution in [-0.4, -0.2) is 300 Å². The predicted octanol–water partition coefficient (Wildman–Crippen LogP) is -6.49. The molecule has 5 aliphatic rings. The zero-order valence-electron chi connectivity index (χ0n) is 48.5. The Hall–Kier alpha value is -2.85. The van der Waals surface area contributed by atoms with E-state index in [9.17, 15) is 91.0 Å². The number of amides is 3. The van der Waals surface area contributed by atoms with Crippen molar-refractivity contribution in [1.29, 1.82) is 0 Å². The van der Waals surface area contributed by atoms with Crippen LogP contribution in [0.2, 0.25) is 0 Å². The van der Waals surface area contributed by atoms with Gasteiger partial charge in [0.2, 0.25) is 17.7 Å². The van der Waals surface area contributed by atoms with Crippen LogP contribution in [0.25, 0.3) is 0 Å². The average molecular weight is 1230 g/mol. The number of rotatable bonds is 33. The number of aliphatic hydroxyl groups excluding tert-OH is 15. The van der Waals surface area contributed by atoms with E-state index in [2.05, 4.69) is 22.9 Å². The van der Waals surface area contributed by atoms with Crippen molar-refractivity contribution in [2.75, 3.05) is 39.6 Å². The first-order valence-electron chi connectivity index (χ1n) is 29.4. The zero-order chi connectivity index (χ0) is 62.7. The van der Waals surface area contributed by atoms with Gasteiger partial charge in [0.25, 0.3) is 0 Å². The molecule has 5 aliphatic heterocycles. The number of ether oxygens (including phenoxy) is 10. The van der Waals surface area contributed by atoms with Gasteiger partial charge in [0.15, 0.2) is 31.5 Å². The summed E-state index contributed by atoms with van der Waals surface area (Å²) >= 11 is 0. The van der Waals surface area contributed by atoms with E-state index in [1.807, 2.05) is 0 Å². The van der Waals surface area contributed by atoms with E-state index in [0.29, 0.717) is 6.42 Å². The second kappa shape index (κ2) is 36.1. The summed E-state index contributed by atoms with van der Waals surface area (Å²) in [5.41, 5.74) is 0. The van der Waals surface area contributed by atoms with Crippen molar-refractivity contribution in [3.05, 3.63) is 12.2 Å². The van der Waals surface area contributed by atoms with Crippen LogP contribution in [0.5, 0.6) is 0 Å². The van der Waals surface area contributed by atoms with Crippen LogP contribution in [0, 0.1) is 0 Å². The highest BCUT2D eigenvalue weighted by Gasteiger charge is 2.57. The molecule has 27 atom stereocenters. The third kappa shape index (κ3) is 20.1. The lowest BCUT2D eigenvalue weighted by molar-refractivity contribution is -0.388. The maximum absolute atomic E-state index is 12.7. The maximum atomic E-state index is 12.7. The van der Waals surface area contributed by atoms with Gasteiger partial charge in [0.1, 0.15) is 122 Å². The minimum absolute atomic E-state index is 0.441. The minimum atomic E-state index is -2.20. The van der Waals surface area contributed by atoms with E-state index in [1.165, 1.54) is 57.9 Å². The molecule has 5 fully saturated rings. The van der Waals surface area contributed by atoms with E-state index in [-0.39, 0.29) is 0 Å². The van der Waals surface area contributed by atoms with Gasteiger partial charge in [-0.1, -0.05) is 83.3 Å². The van der Waals surface area contributed by atoms with Crippen molar-refractivity contribution >= 4 is 17.7 Å². The zero-order valence-corrected chi connectivity index (χ0v) is 48.5. The van der Waals surface area contributed by atoms with E-state index in [4.69, 9.17) is 47.4 Å². The second-order valence-electron chi connectivity index (χ2n) is 22.3. The third-order valence-corrected chi connectivity index (χ3v) is 15.7. The Morgan fingerprint density at radius 1 is 0.435 bits per heavy atom. The van der Waals surface area contributed by atoms with Gasteiger partial charge >= 0.3 is 0 Å². The van der Waals surface area contributed by atoms with Crippen molar-refractivity contribution in [2.45, 2.75) is 270 Å². The summed E-state index contributed by atoms with van der Waals surface area (Å²) < 4.78 is 58.2. The van der Waals surface area contributed by atoms with Crippen molar-refractivity contribution in [3.63, 3.8) is 0 Å². The molecule has 0 spiro atoms. The van der Waals surface area contributed by atoms with Crippen molar-refractivity contribution in [3.8, 4) is 0 Å². The molecule has 0 aliphatic carbocycles. The molecular weight excluding hydrogens is 1140 g/mol. The lowest BCUT2D eigenvalue weighted by atomic mass is 9.93. The lowest BCUT2D eigenvalue weighted by Crippen LogP contribution is -2.71. The number of aliphatic hydroxyl groups is 15. The molecule has 494 valence electrons. The molecule has 31 heteroatoms. The largest absolute Gasteiger partial charge is 0.394 e. The van der Waals surface area contributed by atoms with Gasteiger partial charge in [0, 0.05) is 20.8 Å². The van der Waals surface area contributed by atoms with Crippen molar-refractivity contribution in [2.24, 2.45) is 0 Å². The Bertz CT molecular complexity index is 1990. The molecule has 27 unspecified atom stereocenters. The Kier molecular flexibility index (Phi) is 31.0. The number of carbonyl (C=O) groups is 3. The van der Waals surface area contributed by atoms with Gasteiger partial charge < -0.3 is 140 Å². The van der Waals surface area contributed by atoms with E-state index in [0.717, 1.165) is 39.5 Å². The first-order valence-corrected chi connectivity index (χ1v) is 29.4. The molecule has 0 saturated carbocycles. The number of carbonyl (C=O) groups excluding carboxylic acids is 3. The molecule has 5 saturated heterocycles. The number of allylic oxidation sites excluding steroid dienone is 1. The van der Waals surface area contributed by atoms with E-state index in [1.54, 1.807) is 6.08 Å². The van der Waals surface area contributed by atoms with Crippen molar-refractivity contribution in [1.82, 2.24) is 16.0 Å². The summed E-state index contributed by atoms with van der Waals surface area (Å²) in [5, 5.41) is 171. The fourth-order valence-corrected chi connectivity index (χ4v) is 10.9. The molecule has 0 radical (unpaired) electrons. The van der Waals surface area contributed by atoms with Crippen LogP contribution in [0.1, 0.15) is 105 Å². The Balaban J connectivity index is 1.22. The summed E-state index contributed by atoms with van der Waals surface area (Å²) in [4.78, 5) is 37.0. The monoisotopic (exact) mass is 1230 g/mol. The molecule has 31 nitrogen and oxygen atoms in total. The van der Waals surface area contributed by atoms with Gasteiger partial charge in [-0.05, 0) is 12.8 Å². The van der Waals surface area contributed by atoms with Crippen LogP contribution in [-0.2, 0) is 61.8 Å². The average Bonchev–Trinajstić information content (AvgIpc) is 2.61. The highest BCUT2D eigenvalue weighted by molar-refractivity contribution is 5.74. The molecule has 0 aromatic rings. The quantitative estimate of drug-likeness (QED) is 0.0215. The Morgan fingerprint density at radius 3 is 1.34 bits per heavy atom. The SMILES string of the molecule is CCCCCCCCCCCCC/C=C\C(O)C(COC1OC(CO)C(OC2OC(CO)C(OC3OC(CO)C(O)C(OC4OC(CO)C(O)C(OC5OC(CO)C(O)C(O)C5NC(C)=O)C4NC(C)=O)C3O)C(O)C2O)C(O)C1O)NC(C)=O. The van der Waals surface area contributed by atoms with Crippen LogP contribution < -0.4 is 16.0 Å². The standard InChI is InChI=1S/C54H95N3O28/c1-5-6-7-8-9-10-11-12-13-14-15-16-17-18-29(66)28(55-25(2)63)24-76-52-43(73)41(71)46(33(22-61)80-52)82-53-44(74)42(72)47(34(23-62)81-53)83-54-45(75)49(39(69)32(21-60)79-54)85-51-36(57-27(4)65)48(38(68)31(20-59)78-51)84-50-35(56-26(3)64)40(70)37(67)30(19-58)77-50/h17-18,28-54,58-62,66-75H,5-16,19-24H2,1-4H3,(H,55,63)(H,56,64)(H,57,65)/b18-17-. The summed E-state index contributed by atoms with van der Waals surface area (Å²) in [5.74, 6) is -2.06. The summed E-state index contributed by atoms with van der Waals surface area (Å²) in [6.45, 7) is 0.336. The number of nitrogens with one attached hydrogen (secondary N) is 3. The van der Waals surface area contributed by atoms with Crippen molar-refractivity contribution < 1.29 is 138 Å². The molecular formula is C54H95N3O28. The van der Waals surface area contributed by atoms with Crippen LogP contribution >= 0.6 is 0 Å². The number of hydrogen-bond acceptors (Lipinski definition) is 28. The molecule has 5 rings (SSSR count). The summed E-state index contributed by atoms with van der Waals surface area (Å²) in [7, 11) is 0. The third-order valence-electron chi connectivity index (χ3n) is 15.7. The molecule has 0 aromatic heterocycles. The lowest BCUT2D eigenvalue weighted by Gasteiger charge is -2.50. The maximum Gasteiger partial charge on any atom is 0.217 e. The predicted molar refractivity (Wildman–Crippen MR) is 287 cm³/mol. The van der Waals surface area contributed by atoms with Gasteiger partial charge in [-0.15, -0.1) is 0 Å². The summed E-state index contributed by atoms with van der Waals surface area (Å²) in [6, 6.07) is -4.32. The molecule has 3 amide bonds. The van der Waals surface area contributed by atoms with Gasteiger partial charge in [-0.25, -0.2) is 0 Å². The highest BCUT2D eigenvalue weighted by Crippen LogP contribution is 2.36. The first kappa shape index (κ1) is 72.9. The van der Waals surface area contributed by atoms with E-state index < -0.39 is 223 Å². The smallest absolute Gasteiger partial charge is 0.217 e. The second-order valence-corrected chi connectivity index (χ2v) is 22.3. The Morgan fingerprint density at radius 2 is 0.835 bits per heavy atom. The molecule has 0 bridgehead atoms. The van der Waals surface area contributed by atoms with Gasteiger partial charge in [-0.2, -0.15) is 0 Å². The normalized spacial score (nSPS) is 39.7. The van der Waals surface area contributed by atoms with Crippen LogP contribution in [0.3, 0.4) is 0 Å². The molecule has 18 N–H and O–H groups in total. The summed E-state index contributed by atoms with van der Waals surface area (Å²) in [6.07, 6.45) is -27.1. The molecule has 5 heterocycles. The minimum Gasteiger partial charge on any atom is -0.394 e. The number of unbranched alkanes of at least 4 members (excludes halogenated alkanes) is 11. The Labute approximate surface area is 493 Å². The van der Waals surface area contributed by atoms with E-state index >= 15 is 0 Å². The van der Waals surface area contributed by atoms with Gasteiger partial charge in [0.05, 0.1) is 51.8 Å². The van der Waals surface area contributed by atoms with Crippen LogP contribution in [0.4, 0.5) is 0 Å². The fourth-order valence-electron chi connectivity index (χ4n) is 10.9. The first-order chi connectivity index (χ1) is 40.5. The fraction of sp³-hybridized carbons (Fsp3) is 0.907.